The van der Waals surface area contributed by atoms with E-state index in [1.165, 1.54) is 0 Å². The standard InChI is InChI=1S/C7H8N4O/c1-3-4(2)9-10-7-5(3)6(8)11-12-7/h1-2H3,(H2,8,11). The highest BCUT2D eigenvalue weighted by Gasteiger charge is 2.11. The molecule has 0 aliphatic carbocycles. The highest BCUT2D eigenvalue weighted by Crippen LogP contribution is 2.22. The van der Waals surface area contributed by atoms with Crippen LogP contribution in [-0.2, 0) is 0 Å². The van der Waals surface area contributed by atoms with Gasteiger partial charge in [-0.25, -0.2) is 0 Å². The minimum absolute atomic E-state index is 0.375. The maximum Gasteiger partial charge on any atom is 0.279 e. The van der Waals surface area contributed by atoms with E-state index in [9.17, 15) is 0 Å². The van der Waals surface area contributed by atoms with Crippen molar-refractivity contribution in [2.75, 3.05) is 5.73 Å². The zero-order chi connectivity index (χ0) is 8.72. The van der Waals surface area contributed by atoms with E-state index in [2.05, 4.69) is 15.4 Å². The van der Waals surface area contributed by atoms with Crippen molar-refractivity contribution in [2.45, 2.75) is 13.8 Å². The van der Waals surface area contributed by atoms with E-state index in [1.807, 2.05) is 13.8 Å². The van der Waals surface area contributed by atoms with Crippen LogP contribution in [0.1, 0.15) is 11.3 Å². The molecule has 0 saturated heterocycles. The summed E-state index contributed by atoms with van der Waals surface area (Å²) in [5.41, 5.74) is 7.79. The first-order valence-electron chi connectivity index (χ1n) is 3.55. The van der Waals surface area contributed by atoms with Crippen LogP contribution in [0.25, 0.3) is 11.1 Å². The number of nitrogens with two attached hydrogens (primary N) is 1. The molecule has 0 saturated carbocycles. The molecule has 2 aromatic heterocycles. The summed E-state index contributed by atoms with van der Waals surface area (Å²) in [5, 5.41) is 12.0. The van der Waals surface area contributed by atoms with Gasteiger partial charge in [0.1, 0.15) is 0 Å². The number of nitrogen functional groups attached to an aromatic ring is 1. The van der Waals surface area contributed by atoms with Gasteiger partial charge in [-0.3, -0.25) is 0 Å². The first-order valence-corrected chi connectivity index (χ1v) is 3.55. The van der Waals surface area contributed by atoms with Gasteiger partial charge < -0.3 is 10.3 Å². The monoisotopic (exact) mass is 164 g/mol. The van der Waals surface area contributed by atoms with Crippen molar-refractivity contribution in [3.8, 4) is 0 Å². The number of aryl methyl sites for hydroxylation is 2. The zero-order valence-corrected chi connectivity index (χ0v) is 6.83. The molecule has 2 heterocycles. The first-order chi connectivity index (χ1) is 5.70. The number of aromatic nitrogens is 3. The van der Waals surface area contributed by atoms with E-state index >= 15 is 0 Å². The van der Waals surface area contributed by atoms with Crippen LogP contribution in [0.5, 0.6) is 0 Å². The maximum absolute atomic E-state index is 5.57. The molecule has 0 radical (unpaired) electrons. The smallest absolute Gasteiger partial charge is 0.279 e. The summed E-state index contributed by atoms with van der Waals surface area (Å²) in [7, 11) is 0. The second-order valence-electron chi connectivity index (χ2n) is 2.66. The Balaban J connectivity index is 2.96. The van der Waals surface area contributed by atoms with Gasteiger partial charge in [0.2, 0.25) is 0 Å². The Bertz CT molecular complexity index is 434. The van der Waals surface area contributed by atoms with Crippen LogP contribution in [0.3, 0.4) is 0 Å². The molecule has 0 bridgehead atoms. The number of anilines is 1. The molecule has 62 valence electrons. The maximum atomic E-state index is 5.57. The van der Waals surface area contributed by atoms with Gasteiger partial charge in [0.25, 0.3) is 5.71 Å². The molecular weight excluding hydrogens is 156 g/mol. The summed E-state index contributed by atoms with van der Waals surface area (Å²) < 4.78 is 4.84. The van der Waals surface area contributed by atoms with E-state index in [-0.39, 0.29) is 0 Å². The van der Waals surface area contributed by atoms with Crippen molar-refractivity contribution in [3.05, 3.63) is 11.3 Å². The highest BCUT2D eigenvalue weighted by molar-refractivity contribution is 5.87. The van der Waals surface area contributed by atoms with Crippen LogP contribution in [0, 0.1) is 13.8 Å². The van der Waals surface area contributed by atoms with Gasteiger partial charge in [-0.1, -0.05) is 5.16 Å². The summed E-state index contributed by atoms with van der Waals surface area (Å²) >= 11 is 0. The third-order valence-electron chi connectivity index (χ3n) is 1.91. The van der Waals surface area contributed by atoms with E-state index < -0.39 is 0 Å². The second-order valence-corrected chi connectivity index (χ2v) is 2.66. The summed E-state index contributed by atoms with van der Waals surface area (Å²) in [5.74, 6) is 0.375. The fourth-order valence-electron chi connectivity index (χ4n) is 1.09. The van der Waals surface area contributed by atoms with Crippen LogP contribution in [-0.4, -0.2) is 15.4 Å². The Kier molecular flexibility index (Phi) is 1.27. The molecule has 2 rings (SSSR count). The molecule has 0 atom stereocenters. The van der Waals surface area contributed by atoms with E-state index in [0.717, 1.165) is 16.6 Å². The topological polar surface area (TPSA) is 77.8 Å². The highest BCUT2D eigenvalue weighted by atomic mass is 16.5. The fourth-order valence-corrected chi connectivity index (χ4v) is 1.09. The number of hydrogen-bond acceptors (Lipinski definition) is 5. The van der Waals surface area contributed by atoms with Crippen molar-refractivity contribution < 1.29 is 4.52 Å². The summed E-state index contributed by atoms with van der Waals surface area (Å²) in [4.78, 5) is 0. The lowest BCUT2D eigenvalue weighted by Crippen LogP contribution is -1.93. The quantitative estimate of drug-likeness (QED) is 0.623. The lowest BCUT2D eigenvalue weighted by atomic mass is 10.2. The van der Waals surface area contributed by atoms with Crippen LogP contribution in [0.4, 0.5) is 5.82 Å². The molecule has 0 fully saturated rings. The van der Waals surface area contributed by atoms with Crippen molar-refractivity contribution in [1.29, 1.82) is 0 Å². The minimum atomic E-state index is 0.375. The molecule has 0 amide bonds. The van der Waals surface area contributed by atoms with Crippen molar-refractivity contribution in [3.63, 3.8) is 0 Å². The molecule has 5 heteroatoms. The lowest BCUT2D eigenvalue weighted by molar-refractivity contribution is 0.449. The Labute approximate surface area is 68.6 Å². The molecule has 2 aromatic rings. The average molecular weight is 164 g/mol. The van der Waals surface area contributed by atoms with Crippen molar-refractivity contribution in [2.24, 2.45) is 0 Å². The van der Waals surface area contributed by atoms with Crippen molar-refractivity contribution >= 4 is 16.9 Å². The number of rotatable bonds is 0. The molecule has 0 aliphatic heterocycles. The fraction of sp³-hybridized carbons (Fsp3) is 0.286. The Hall–Kier alpha value is -1.65. The Morgan fingerprint density at radius 3 is 2.75 bits per heavy atom. The minimum Gasteiger partial charge on any atom is -0.380 e. The van der Waals surface area contributed by atoms with Crippen LogP contribution < -0.4 is 5.73 Å². The molecule has 5 nitrogen and oxygen atoms in total. The molecule has 2 N–H and O–H groups in total. The third kappa shape index (κ3) is 0.761. The molecule has 12 heavy (non-hydrogen) atoms. The van der Waals surface area contributed by atoms with E-state index in [1.54, 1.807) is 0 Å². The molecule has 0 aromatic carbocycles. The normalized spacial score (nSPS) is 10.8. The number of fused-ring (bicyclic) bond motifs is 1. The lowest BCUT2D eigenvalue weighted by Gasteiger charge is -1.96. The van der Waals surface area contributed by atoms with Gasteiger partial charge >= 0.3 is 0 Å². The third-order valence-corrected chi connectivity index (χ3v) is 1.91. The largest absolute Gasteiger partial charge is 0.380 e. The van der Waals surface area contributed by atoms with Crippen LogP contribution in [0.2, 0.25) is 0 Å². The Morgan fingerprint density at radius 2 is 2.00 bits per heavy atom. The number of hydrogen-bond donors (Lipinski definition) is 1. The predicted octanol–water partition coefficient (Wildman–Crippen LogP) is 0.817. The second kappa shape index (κ2) is 2.17. The molecule has 0 spiro atoms. The van der Waals surface area contributed by atoms with Crippen LogP contribution >= 0.6 is 0 Å². The Morgan fingerprint density at radius 1 is 1.25 bits per heavy atom. The SMILES string of the molecule is Cc1nnc2onc(N)c2c1C. The summed E-state index contributed by atoms with van der Waals surface area (Å²) in [6.07, 6.45) is 0. The van der Waals surface area contributed by atoms with Gasteiger partial charge in [-0.15, -0.1) is 5.10 Å². The summed E-state index contributed by atoms with van der Waals surface area (Å²) in [6.45, 7) is 3.79. The summed E-state index contributed by atoms with van der Waals surface area (Å²) in [6, 6.07) is 0. The predicted molar refractivity (Wildman–Crippen MR) is 43.5 cm³/mol. The van der Waals surface area contributed by atoms with Crippen LogP contribution in [0.15, 0.2) is 4.52 Å². The van der Waals surface area contributed by atoms with E-state index in [4.69, 9.17) is 10.3 Å². The van der Waals surface area contributed by atoms with Gasteiger partial charge in [0, 0.05) is 0 Å². The van der Waals surface area contributed by atoms with Crippen molar-refractivity contribution in [1.82, 2.24) is 15.4 Å². The average Bonchev–Trinajstić information content (AvgIpc) is 2.41. The molecule has 0 aliphatic rings. The zero-order valence-electron chi connectivity index (χ0n) is 6.83. The van der Waals surface area contributed by atoms with Gasteiger partial charge in [-0.2, -0.15) is 5.10 Å². The first kappa shape index (κ1) is 7.02. The van der Waals surface area contributed by atoms with Gasteiger partial charge in [-0.05, 0) is 19.4 Å². The molecule has 0 unspecified atom stereocenters. The van der Waals surface area contributed by atoms with E-state index in [0.29, 0.717) is 11.5 Å². The number of nitrogens with zero attached hydrogens (tertiary/aromatic N) is 3. The van der Waals surface area contributed by atoms with Gasteiger partial charge in [0.05, 0.1) is 11.1 Å². The van der Waals surface area contributed by atoms with Gasteiger partial charge in [0.15, 0.2) is 5.82 Å². The molecular formula is C7H8N4O.